The summed E-state index contributed by atoms with van der Waals surface area (Å²) in [7, 11) is 1.92. The maximum Gasteiger partial charge on any atom is 0.320 e. The first kappa shape index (κ1) is 18.2. The van der Waals surface area contributed by atoms with Gasteiger partial charge in [-0.05, 0) is 31.7 Å². The number of nitrogens with zero attached hydrogens (tertiary/aromatic N) is 5. The second kappa shape index (κ2) is 7.12. The molecule has 9 heteroatoms. The number of likely N-dealkylation sites (tertiary alicyclic amines) is 1. The molecule has 0 radical (unpaired) electrons. The van der Waals surface area contributed by atoms with Crippen LogP contribution >= 0.6 is 0 Å². The van der Waals surface area contributed by atoms with Crippen LogP contribution in [0.1, 0.15) is 19.3 Å². The zero-order chi connectivity index (χ0) is 19.0. The number of rotatable bonds is 3. The van der Waals surface area contributed by atoms with Crippen molar-refractivity contribution in [3.8, 4) is 0 Å². The van der Waals surface area contributed by atoms with E-state index in [9.17, 15) is 9.90 Å². The molecule has 0 aromatic carbocycles. The summed E-state index contributed by atoms with van der Waals surface area (Å²) in [6.07, 6.45) is 2.67. The summed E-state index contributed by atoms with van der Waals surface area (Å²) in [5.41, 5.74) is 6.08. The van der Waals surface area contributed by atoms with Crippen molar-refractivity contribution in [2.75, 3.05) is 68.5 Å². The van der Waals surface area contributed by atoms with Crippen LogP contribution in [0.3, 0.4) is 0 Å². The molecule has 0 amide bonds. The van der Waals surface area contributed by atoms with E-state index in [1.807, 2.05) is 18.0 Å². The van der Waals surface area contributed by atoms with Crippen LogP contribution in [0.2, 0.25) is 0 Å². The number of hydrogen-bond donors (Lipinski definition) is 2. The molecule has 1 aromatic heterocycles. The lowest BCUT2D eigenvalue weighted by Gasteiger charge is -2.40. The zero-order valence-corrected chi connectivity index (χ0v) is 15.8. The van der Waals surface area contributed by atoms with Crippen molar-refractivity contribution in [3.05, 3.63) is 6.07 Å². The molecule has 3 fully saturated rings. The first-order valence-electron chi connectivity index (χ1n) is 9.61. The summed E-state index contributed by atoms with van der Waals surface area (Å²) < 4.78 is 5.41. The van der Waals surface area contributed by atoms with Gasteiger partial charge in [0.2, 0.25) is 5.95 Å². The first-order chi connectivity index (χ1) is 13.0. The molecular weight excluding hydrogens is 348 g/mol. The molecule has 3 aliphatic rings. The molecule has 1 spiro atoms. The van der Waals surface area contributed by atoms with Gasteiger partial charge in [0.1, 0.15) is 17.7 Å². The highest BCUT2D eigenvalue weighted by Crippen LogP contribution is 2.43. The van der Waals surface area contributed by atoms with E-state index in [1.165, 1.54) is 0 Å². The summed E-state index contributed by atoms with van der Waals surface area (Å²) in [6, 6.07) is 1.65. The van der Waals surface area contributed by atoms with Crippen molar-refractivity contribution in [2.45, 2.75) is 25.3 Å². The number of anilines is 3. The number of morpholine rings is 1. The molecule has 0 saturated carbocycles. The lowest BCUT2D eigenvalue weighted by Crippen LogP contribution is -2.42. The second-order valence-electron chi connectivity index (χ2n) is 8.00. The van der Waals surface area contributed by atoms with Gasteiger partial charge in [-0.1, -0.05) is 0 Å². The Morgan fingerprint density at radius 2 is 1.78 bits per heavy atom. The van der Waals surface area contributed by atoms with Crippen LogP contribution in [0.5, 0.6) is 0 Å². The maximum atomic E-state index is 11.5. The Kier molecular flexibility index (Phi) is 4.81. The molecule has 3 N–H and O–H groups in total. The van der Waals surface area contributed by atoms with E-state index in [2.05, 4.69) is 19.8 Å². The molecule has 1 unspecified atom stereocenters. The molecule has 3 saturated heterocycles. The Morgan fingerprint density at radius 1 is 1.19 bits per heavy atom. The van der Waals surface area contributed by atoms with E-state index >= 15 is 0 Å². The van der Waals surface area contributed by atoms with Gasteiger partial charge < -0.3 is 25.4 Å². The van der Waals surface area contributed by atoms with Gasteiger partial charge in [-0.2, -0.15) is 9.97 Å². The molecule has 9 nitrogen and oxygen atoms in total. The predicted molar refractivity (Wildman–Crippen MR) is 102 cm³/mol. The Morgan fingerprint density at radius 3 is 2.33 bits per heavy atom. The molecule has 0 bridgehead atoms. The molecule has 1 atom stereocenters. The van der Waals surface area contributed by atoms with Crippen LogP contribution < -0.4 is 15.5 Å². The predicted octanol–water partition coefficient (Wildman–Crippen LogP) is 0.271. The van der Waals surface area contributed by atoms with Crippen LogP contribution in [-0.4, -0.2) is 85.0 Å². The molecule has 3 aliphatic heterocycles. The summed E-state index contributed by atoms with van der Waals surface area (Å²) in [6.45, 7) is 5.58. The van der Waals surface area contributed by atoms with Crippen molar-refractivity contribution < 1.29 is 14.6 Å². The second-order valence-corrected chi connectivity index (χ2v) is 8.00. The normalized spacial score (nSPS) is 25.9. The number of carbonyl (C=O) groups is 1. The number of aliphatic carboxylic acids is 1. The van der Waals surface area contributed by atoms with Crippen molar-refractivity contribution in [1.29, 1.82) is 0 Å². The minimum Gasteiger partial charge on any atom is -0.480 e. The number of piperidine rings is 1. The highest BCUT2D eigenvalue weighted by atomic mass is 16.5. The van der Waals surface area contributed by atoms with Crippen LogP contribution in [-0.2, 0) is 9.53 Å². The topological polar surface area (TPSA) is 108 Å². The quantitative estimate of drug-likeness (QED) is 0.768. The molecule has 148 valence electrons. The number of carboxylic acids is 1. The average Bonchev–Trinajstić information content (AvgIpc) is 2.99. The van der Waals surface area contributed by atoms with Crippen LogP contribution in [0, 0.1) is 5.41 Å². The lowest BCUT2D eigenvalue weighted by atomic mass is 9.76. The lowest BCUT2D eigenvalue weighted by molar-refractivity contribution is -0.141. The van der Waals surface area contributed by atoms with E-state index in [0.29, 0.717) is 19.2 Å². The van der Waals surface area contributed by atoms with Crippen molar-refractivity contribution >= 4 is 23.6 Å². The van der Waals surface area contributed by atoms with E-state index in [4.69, 9.17) is 10.5 Å². The maximum absolute atomic E-state index is 11.5. The van der Waals surface area contributed by atoms with Gasteiger partial charge in [0.25, 0.3) is 0 Å². The summed E-state index contributed by atoms with van der Waals surface area (Å²) >= 11 is 0. The number of hydrogen-bond acceptors (Lipinski definition) is 8. The van der Waals surface area contributed by atoms with Crippen molar-refractivity contribution in [2.24, 2.45) is 5.41 Å². The molecule has 0 aliphatic carbocycles. The summed E-state index contributed by atoms with van der Waals surface area (Å²) in [4.78, 5) is 26.7. The minimum absolute atomic E-state index is 0.0971. The van der Waals surface area contributed by atoms with E-state index < -0.39 is 5.97 Å². The fraction of sp³-hybridized carbons (Fsp3) is 0.722. The Bertz CT molecular complexity index is 700. The van der Waals surface area contributed by atoms with Crippen LogP contribution in [0.4, 0.5) is 17.6 Å². The van der Waals surface area contributed by atoms with Gasteiger partial charge in [-0.15, -0.1) is 0 Å². The van der Waals surface area contributed by atoms with Crippen molar-refractivity contribution in [1.82, 2.24) is 14.9 Å². The zero-order valence-electron chi connectivity index (χ0n) is 15.8. The Labute approximate surface area is 159 Å². The Hall–Kier alpha value is -2.13. The largest absolute Gasteiger partial charge is 0.480 e. The number of ether oxygens (including phenoxy) is 1. The SMILES string of the molecule is CN1CC2(CCN(c3cc(N4CCOCC4)nc(N)n3)CC2)CC1C(=O)O. The van der Waals surface area contributed by atoms with Crippen molar-refractivity contribution in [3.63, 3.8) is 0 Å². The van der Waals surface area contributed by atoms with Gasteiger partial charge in [0, 0.05) is 38.8 Å². The number of aromatic nitrogens is 2. The number of nitrogen functional groups attached to an aromatic ring is 1. The first-order valence-corrected chi connectivity index (χ1v) is 9.61. The van der Waals surface area contributed by atoms with Gasteiger partial charge in [0.15, 0.2) is 0 Å². The number of nitrogens with two attached hydrogens (primary N) is 1. The number of likely N-dealkylation sites (N-methyl/N-ethyl adjacent to an activating group) is 1. The van der Waals surface area contributed by atoms with Gasteiger partial charge in [-0.25, -0.2) is 0 Å². The molecule has 1 aromatic rings. The summed E-state index contributed by atoms with van der Waals surface area (Å²) in [5, 5.41) is 9.42. The van der Waals surface area contributed by atoms with Gasteiger partial charge in [0.05, 0.1) is 13.2 Å². The third-order valence-electron chi connectivity index (χ3n) is 6.23. The van der Waals surface area contributed by atoms with Crippen LogP contribution in [0.15, 0.2) is 6.07 Å². The fourth-order valence-electron chi connectivity index (χ4n) is 4.67. The monoisotopic (exact) mass is 376 g/mol. The molecule has 4 heterocycles. The van der Waals surface area contributed by atoms with Gasteiger partial charge in [-0.3, -0.25) is 9.69 Å². The van der Waals surface area contributed by atoms with Gasteiger partial charge >= 0.3 is 5.97 Å². The third kappa shape index (κ3) is 3.66. The highest BCUT2D eigenvalue weighted by molar-refractivity contribution is 5.74. The fourth-order valence-corrected chi connectivity index (χ4v) is 4.67. The number of carboxylic acid groups (broad SMARTS) is 1. The summed E-state index contributed by atoms with van der Waals surface area (Å²) in [5.74, 6) is 1.30. The smallest absolute Gasteiger partial charge is 0.320 e. The van der Waals surface area contributed by atoms with Crippen LogP contribution in [0.25, 0.3) is 0 Å². The standard InChI is InChI=1S/C18H28N6O3/c1-22-12-18(11-13(22)16(25)26)2-4-23(5-3-18)14-10-15(21-17(19)20-14)24-6-8-27-9-7-24/h10,13H,2-9,11-12H2,1H3,(H,25,26)(H2,19,20,21). The molecule has 4 rings (SSSR count). The molecule has 27 heavy (non-hydrogen) atoms. The third-order valence-corrected chi connectivity index (χ3v) is 6.23. The van der Waals surface area contributed by atoms with E-state index in [-0.39, 0.29) is 11.5 Å². The minimum atomic E-state index is -0.712. The average molecular weight is 376 g/mol. The Balaban J connectivity index is 1.45. The van der Waals surface area contributed by atoms with E-state index in [1.54, 1.807) is 0 Å². The van der Waals surface area contributed by atoms with E-state index in [0.717, 1.165) is 63.6 Å². The molecular formula is C18H28N6O3. The highest BCUT2D eigenvalue weighted by Gasteiger charge is 2.46.